The van der Waals surface area contributed by atoms with Crippen molar-refractivity contribution in [1.82, 2.24) is 4.90 Å². The Morgan fingerprint density at radius 1 is 1.60 bits per heavy atom. The SMILES string of the molecule is CCN(CCC(N)=NO)C(C)CCOC. The number of nitrogens with two attached hydrogens (primary N) is 1. The second-order valence-corrected chi connectivity index (χ2v) is 3.60. The summed E-state index contributed by atoms with van der Waals surface area (Å²) in [4.78, 5) is 2.29. The molecule has 0 saturated carbocycles. The van der Waals surface area contributed by atoms with Crippen LogP contribution in [0.25, 0.3) is 0 Å². The third kappa shape index (κ3) is 6.30. The molecule has 0 aliphatic rings. The van der Waals surface area contributed by atoms with Crippen LogP contribution in [0.15, 0.2) is 5.16 Å². The van der Waals surface area contributed by atoms with E-state index in [9.17, 15) is 0 Å². The van der Waals surface area contributed by atoms with Gasteiger partial charge < -0.3 is 20.6 Å². The fraction of sp³-hybridized carbons (Fsp3) is 0.900. The number of oxime groups is 1. The summed E-state index contributed by atoms with van der Waals surface area (Å²) >= 11 is 0. The third-order valence-electron chi connectivity index (χ3n) is 2.55. The van der Waals surface area contributed by atoms with Gasteiger partial charge in [0.05, 0.1) is 0 Å². The number of nitrogens with zero attached hydrogens (tertiary/aromatic N) is 2. The standard InChI is InChI=1S/C10H23N3O2/c1-4-13(7-5-10(11)12-14)9(2)6-8-15-3/h9,14H,4-8H2,1-3H3,(H2,11,12). The van der Waals surface area contributed by atoms with Gasteiger partial charge >= 0.3 is 0 Å². The number of amidine groups is 1. The van der Waals surface area contributed by atoms with Gasteiger partial charge in [0.1, 0.15) is 5.84 Å². The molecule has 5 heteroatoms. The Morgan fingerprint density at radius 2 is 2.27 bits per heavy atom. The van der Waals surface area contributed by atoms with Crippen LogP contribution in [0.2, 0.25) is 0 Å². The first-order chi connectivity index (χ1) is 7.15. The second kappa shape index (κ2) is 8.49. The number of hydrogen-bond acceptors (Lipinski definition) is 4. The Hall–Kier alpha value is -0.810. The van der Waals surface area contributed by atoms with Gasteiger partial charge in [0.2, 0.25) is 0 Å². The Bertz CT molecular complexity index is 186. The van der Waals surface area contributed by atoms with Crippen molar-refractivity contribution >= 4 is 5.84 Å². The van der Waals surface area contributed by atoms with Crippen molar-refractivity contribution < 1.29 is 9.94 Å². The quantitative estimate of drug-likeness (QED) is 0.274. The van der Waals surface area contributed by atoms with Gasteiger partial charge in [0.25, 0.3) is 0 Å². The molecule has 0 aromatic rings. The van der Waals surface area contributed by atoms with Crippen LogP contribution >= 0.6 is 0 Å². The smallest absolute Gasteiger partial charge is 0.140 e. The van der Waals surface area contributed by atoms with Gasteiger partial charge in [-0.2, -0.15) is 0 Å². The van der Waals surface area contributed by atoms with Gasteiger partial charge in [-0.1, -0.05) is 12.1 Å². The van der Waals surface area contributed by atoms with Crippen molar-refractivity contribution in [3.63, 3.8) is 0 Å². The first kappa shape index (κ1) is 14.2. The van der Waals surface area contributed by atoms with E-state index < -0.39 is 0 Å². The molecule has 0 rings (SSSR count). The first-order valence-electron chi connectivity index (χ1n) is 5.35. The predicted molar refractivity (Wildman–Crippen MR) is 61.2 cm³/mol. The number of ether oxygens (including phenoxy) is 1. The summed E-state index contributed by atoms with van der Waals surface area (Å²) in [5.41, 5.74) is 5.42. The minimum Gasteiger partial charge on any atom is -0.409 e. The lowest BCUT2D eigenvalue weighted by Crippen LogP contribution is -2.36. The lowest BCUT2D eigenvalue weighted by Gasteiger charge is -2.27. The lowest BCUT2D eigenvalue weighted by atomic mass is 10.2. The molecule has 90 valence electrons. The molecule has 0 heterocycles. The summed E-state index contributed by atoms with van der Waals surface area (Å²) < 4.78 is 5.04. The van der Waals surface area contributed by atoms with Crippen LogP contribution in [0.5, 0.6) is 0 Å². The summed E-state index contributed by atoms with van der Waals surface area (Å²) in [6.07, 6.45) is 1.60. The molecule has 0 fully saturated rings. The number of hydrogen-bond donors (Lipinski definition) is 2. The monoisotopic (exact) mass is 217 g/mol. The Morgan fingerprint density at radius 3 is 2.73 bits per heavy atom. The molecule has 0 amide bonds. The highest BCUT2D eigenvalue weighted by molar-refractivity contribution is 5.79. The van der Waals surface area contributed by atoms with Gasteiger partial charge in [0, 0.05) is 32.7 Å². The fourth-order valence-electron chi connectivity index (χ4n) is 1.47. The van der Waals surface area contributed by atoms with Crippen LogP contribution in [0.4, 0.5) is 0 Å². The molecular formula is C10H23N3O2. The van der Waals surface area contributed by atoms with E-state index >= 15 is 0 Å². The molecule has 0 radical (unpaired) electrons. The Kier molecular flexibility index (Phi) is 8.04. The molecule has 5 nitrogen and oxygen atoms in total. The van der Waals surface area contributed by atoms with Crippen molar-refractivity contribution in [3.8, 4) is 0 Å². The molecular weight excluding hydrogens is 194 g/mol. The largest absolute Gasteiger partial charge is 0.409 e. The molecule has 0 aliphatic carbocycles. The highest BCUT2D eigenvalue weighted by atomic mass is 16.5. The number of methoxy groups -OCH3 is 1. The van der Waals surface area contributed by atoms with Crippen molar-refractivity contribution in [2.75, 3.05) is 26.8 Å². The van der Waals surface area contributed by atoms with Crippen LogP contribution in [0, 0.1) is 0 Å². The molecule has 1 unspecified atom stereocenters. The van der Waals surface area contributed by atoms with E-state index in [4.69, 9.17) is 15.7 Å². The van der Waals surface area contributed by atoms with Crippen molar-refractivity contribution in [3.05, 3.63) is 0 Å². The minimum absolute atomic E-state index is 0.285. The zero-order valence-electron chi connectivity index (χ0n) is 9.94. The summed E-state index contributed by atoms with van der Waals surface area (Å²) in [7, 11) is 1.71. The summed E-state index contributed by atoms with van der Waals surface area (Å²) in [5, 5.41) is 11.4. The molecule has 0 spiro atoms. The maximum Gasteiger partial charge on any atom is 0.140 e. The molecule has 1 atom stereocenters. The van der Waals surface area contributed by atoms with Crippen molar-refractivity contribution in [2.24, 2.45) is 10.9 Å². The minimum atomic E-state index is 0.285. The predicted octanol–water partition coefficient (Wildman–Crippen LogP) is 0.870. The molecule has 0 aromatic carbocycles. The van der Waals surface area contributed by atoms with Crippen LogP contribution in [0.3, 0.4) is 0 Å². The fourth-order valence-corrected chi connectivity index (χ4v) is 1.47. The van der Waals surface area contributed by atoms with E-state index in [-0.39, 0.29) is 5.84 Å². The molecule has 15 heavy (non-hydrogen) atoms. The Labute approximate surface area is 91.9 Å². The molecule has 0 saturated heterocycles. The summed E-state index contributed by atoms with van der Waals surface area (Å²) in [6.45, 7) is 6.81. The van der Waals surface area contributed by atoms with E-state index in [0.29, 0.717) is 12.5 Å². The summed E-state index contributed by atoms with van der Waals surface area (Å²) in [5.74, 6) is 0.285. The molecule has 0 aromatic heterocycles. The van der Waals surface area contributed by atoms with Crippen LogP contribution in [-0.4, -0.2) is 48.8 Å². The van der Waals surface area contributed by atoms with Crippen LogP contribution < -0.4 is 5.73 Å². The number of rotatable bonds is 8. The van der Waals surface area contributed by atoms with Crippen molar-refractivity contribution in [2.45, 2.75) is 32.7 Å². The summed E-state index contributed by atoms with van der Waals surface area (Å²) in [6, 6.07) is 0.460. The van der Waals surface area contributed by atoms with Gasteiger partial charge in [-0.3, -0.25) is 0 Å². The average Bonchev–Trinajstić information content (AvgIpc) is 2.26. The lowest BCUT2D eigenvalue weighted by molar-refractivity contribution is 0.143. The maximum absolute atomic E-state index is 8.42. The van der Waals surface area contributed by atoms with Gasteiger partial charge in [0.15, 0.2) is 0 Å². The van der Waals surface area contributed by atoms with Gasteiger partial charge in [-0.15, -0.1) is 0 Å². The molecule has 0 bridgehead atoms. The Balaban J connectivity index is 3.89. The zero-order valence-corrected chi connectivity index (χ0v) is 9.94. The first-order valence-corrected chi connectivity index (χ1v) is 5.35. The third-order valence-corrected chi connectivity index (χ3v) is 2.55. The van der Waals surface area contributed by atoms with Gasteiger partial charge in [-0.05, 0) is 19.9 Å². The molecule has 0 aliphatic heterocycles. The van der Waals surface area contributed by atoms with Crippen LogP contribution in [0.1, 0.15) is 26.7 Å². The highest BCUT2D eigenvalue weighted by Gasteiger charge is 2.11. The van der Waals surface area contributed by atoms with E-state index in [1.807, 2.05) is 0 Å². The normalized spacial score (nSPS) is 14.5. The molecule has 3 N–H and O–H groups in total. The maximum atomic E-state index is 8.42. The van der Waals surface area contributed by atoms with E-state index in [1.54, 1.807) is 7.11 Å². The average molecular weight is 217 g/mol. The van der Waals surface area contributed by atoms with Crippen molar-refractivity contribution in [1.29, 1.82) is 0 Å². The topological polar surface area (TPSA) is 71.1 Å². The van der Waals surface area contributed by atoms with E-state index in [1.165, 1.54) is 0 Å². The zero-order chi connectivity index (χ0) is 11.7. The highest BCUT2D eigenvalue weighted by Crippen LogP contribution is 2.04. The van der Waals surface area contributed by atoms with E-state index in [2.05, 4.69) is 23.9 Å². The van der Waals surface area contributed by atoms with Crippen LogP contribution in [-0.2, 0) is 4.74 Å². The van der Waals surface area contributed by atoms with Gasteiger partial charge in [-0.25, -0.2) is 0 Å². The second-order valence-electron chi connectivity index (χ2n) is 3.60. The van der Waals surface area contributed by atoms with E-state index in [0.717, 1.165) is 26.1 Å².